The van der Waals surface area contributed by atoms with Crippen LogP contribution in [-0.2, 0) is 4.74 Å². The molecule has 0 amide bonds. The van der Waals surface area contributed by atoms with Gasteiger partial charge in [-0.2, -0.15) is 0 Å². The molecule has 0 radical (unpaired) electrons. The van der Waals surface area contributed by atoms with Crippen molar-refractivity contribution >= 4 is 0 Å². The van der Waals surface area contributed by atoms with Crippen LogP contribution in [0.2, 0.25) is 0 Å². The Morgan fingerprint density at radius 1 is 1.38 bits per heavy atom. The predicted molar refractivity (Wildman–Crippen MR) is 55.7 cm³/mol. The van der Waals surface area contributed by atoms with Crippen molar-refractivity contribution in [1.29, 1.82) is 0 Å². The van der Waals surface area contributed by atoms with E-state index >= 15 is 0 Å². The Morgan fingerprint density at radius 3 is 2.62 bits per heavy atom. The molecular formula is C11H23NO. The lowest BCUT2D eigenvalue weighted by atomic mass is 9.99. The number of nitrogens with two attached hydrogens (primary N) is 1. The summed E-state index contributed by atoms with van der Waals surface area (Å²) in [6.45, 7) is 3.59. The Bertz CT molecular complexity index is 121. The summed E-state index contributed by atoms with van der Waals surface area (Å²) >= 11 is 0. The summed E-state index contributed by atoms with van der Waals surface area (Å²) in [6, 6.07) is 0. The van der Waals surface area contributed by atoms with Gasteiger partial charge in [-0.15, -0.1) is 0 Å². The normalized spacial score (nSPS) is 20.8. The number of hydrogen-bond donors (Lipinski definition) is 1. The average molecular weight is 185 g/mol. The Morgan fingerprint density at radius 2 is 2.08 bits per heavy atom. The number of rotatable bonds is 6. The fraction of sp³-hybridized carbons (Fsp3) is 1.00. The minimum absolute atomic E-state index is 0.464. The standard InChI is InChI=1S/C11H23NO/c1-2-11(13-8-7-12)9-10-5-3-4-6-10/h10-11H,2-9,12H2,1H3. The third-order valence-corrected chi connectivity index (χ3v) is 3.00. The molecule has 1 rings (SSSR count). The predicted octanol–water partition coefficient (Wildman–Crippen LogP) is 2.32. The van der Waals surface area contributed by atoms with E-state index in [9.17, 15) is 0 Å². The van der Waals surface area contributed by atoms with E-state index in [1.54, 1.807) is 0 Å². The van der Waals surface area contributed by atoms with Crippen LogP contribution < -0.4 is 5.73 Å². The second kappa shape index (κ2) is 6.39. The van der Waals surface area contributed by atoms with E-state index in [-0.39, 0.29) is 0 Å². The van der Waals surface area contributed by atoms with Crippen LogP contribution in [0, 0.1) is 5.92 Å². The zero-order chi connectivity index (χ0) is 9.52. The molecule has 13 heavy (non-hydrogen) atoms. The van der Waals surface area contributed by atoms with Crippen LogP contribution in [0.25, 0.3) is 0 Å². The highest BCUT2D eigenvalue weighted by atomic mass is 16.5. The SMILES string of the molecule is CCC(CC1CCCC1)OCCN. The summed E-state index contributed by atoms with van der Waals surface area (Å²) in [6.07, 6.45) is 8.56. The first-order valence-corrected chi connectivity index (χ1v) is 5.68. The Hall–Kier alpha value is -0.0800. The van der Waals surface area contributed by atoms with E-state index in [0.717, 1.165) is 18.9 Å². The highest BCUT2D eigenvalue weighted by molar-refractivity contribution is 4.71. The van der Waals surface area contributed by atoms with Gasteiger partial charge in [0.25, 0.3) is 0 Å². The molecule has 0 spiro atoms. The molecule has 0 aliphatic heterocycles. The Labute approximate surface area is 81.8 Å². The van der Waals surface area contributed by atoms with E-state index < -0.39 is 0 Å². The minimum Gasteiger partial charge on any atom is -0.377 e. The lowest BCUT2D eigenvalue weighted by molar-refractivity contribution is 0.0391. The summed E-state index contributed by atoms with van der Waals surface area (Å²) in [5, 5.41) is 0. The van der Waals surface area contributed by atoms with Crippen LogP contribution in [-0.4, -0.2) is 19.3 Å². The lowest BCUT2D eigenvalue weighted by Crippen LogP contribution is -2.20. The van der Waals surface area contributed by atoms with Gasteiger partial charge < -0.3 is 10.5 Å². The molecule has 1 aliphatic rings. The van der Waals surface area contributed by atoms with E-state index in [1.165, 1.54) is 32.1 Å². The largest absolute Gasteiger partial charge is 0.377 e. The van der Waals surface area contributed by atoms with Gasteiger partial charge in [0.05, 0.1) is 12.7 Å². The molecular weight excluding hydrogens is 162 g/mol. The first-order valence-electron chi connectivity index (χ1n) is 5.68. The molecule has 1 atom stereocenters. The Balaban J connectivity index is 2.13. The smallest absolute Gasteiger partial charge is 0.0592 e. The molecule has 0 heterocycles. The quantitative estimate of drug-likeness (QED) is 0.689. The van der Waals surface area contributed by atoms with Gasteiger partial charge in [-0.05, 0) is 18.8 Å². The van der Waals surface area contributed by atoms with Crippen molar-refractivity contribution in [3.63, 3.8) is 0 Å². The van der Waals surface area contributed by atoms with Crippen LogP contribution in [0.4, 0.5) is 0 Å². The summed E-state index contributed by atoms with van der Waals surface area (Å²) in [7, 11) is 0. The maximum atomic E-state index is 5.68. The van der Waals surface area contributed by atoms with E-state index in [2.05, 4.69) is 6.92 Å². The van der Waals surface area contributed by atoms with Crippen LogP contribution >= 0.6 is 0 Å². The molecule has 2 nitrogen and oxygen atoms in total. The Kier molecular flexibility index (Phi) is 5.40. The summed E-state index contributed by atoms with van der Waals surface area (Å²) < 4.78 is 5.68. The van der Waals surface area contributed by atoms with Crippen LogP contribution in [0.15, 0.2) is 0 Å². The van der Waals surface area contributed by atoms with Crippen molar-refractivity contribution in [2.24, 2.45) is 11.7 Å². The molecule has 1 aliphatic carbocycles. The average Bonchev–Trinajstić information content (AvgIpc) is 2.64. The second-order valence-electron chi connectivity index (χ2n) is 4.08. The summed E-state index contributed by atoms with van der Waals surface area (Å²) in [5.74, 6) is 0.933. The van der Waals surface area contributed by atoms with Crippen molar-refractivity contribution < 1.29 is 4.74 Å². The van der Waals surface area contributed by atoms with Gasteiger partial charge in [0, 0.05) is 6.54 Å². The molecule has 0 bridgehead atoms. The van der Waals surface area contributed by atoms with Gasteiger partial charge in [-0.25, -0.2) is 0 Å². The molecule has 0 aromatic rings. The molecule has 1 saturated carbocycles. The van der Waals surface area contributed by atoms with E-state index in [4.69, 9.17) is 10.5 Å². The van der Waals surface area contributed by atoms with Crippen molar-refractivity contribution in [3.05, 3.63) is 0 Å². The first kappa shape index (κ1) is 11.0. The molecule has 1 fully saturated rings. The van der Waals surface area contributed by atoms with E-state index in [1.807, 2.05) is 0 Å². The molecule has 2 heteroatoms. The zero-order valence-electron chi connectivity index (χ0n) is 8.80. The van der Waals surface area contributed by atoms with Crippen molar-refractivity contribution in [3.8, 4) is 0 Å². The van der Waals surface area contributed by atoms with Gasteiger partial charge in [0.2, 0.25) is 0 Å². The second-order valence-corrected chi connectivity index (χ2v) is 4.08. The molecule has 1 unspecified atom stereocenters. The highest BCUT2D eigenvalue weighted by Gasteiger charge is 2.19. The van der Waals surface area contributed by atoms with E-state index in [0.29, 0.717) is 12.6 Å². The molecule has 0 saturated heterocycles. The van der Waals surface area contributed by atoms with Crippen LogP contribution in [0.3, 0.4) is 0 Å². The van der Waals surface area contributed by atoms with Crippen molar-refractivity contribution in [2.75, 3.05) is 13.2 Å². The van der Waals surface area contributed by atoms with Gasteiger partial charge >= 0.3 is 0 Å². The molecule has 2 N–H and O–H groups in total. The van der Waals surface area contributed by atoms with Crippen LogP contribution in [0.5, 0.6) is 0 Å². The van der Waals surface area contributed by atoms with Crippen LogP contribution in [0.1, 0.15) is 45.4 Å². The minimum atomic E-state index is 0.464. The first-order chi connectivity index (χ1) is 6.36. The zero-order valence-corrected chi connectivity index (χ0v) is 8.80. The van der Waals surface area contributed by atoms with Gasteiger partial charge in [-0.1, -0.05) is 32.6 Å². The fourth-order valence-electron chi connectivity index (χ4n) is 2.21. The molecule has 78 valence electrons. The van der Waals surface area contributed by atoms with Crippen molar-refractivity contribution in [2.45, 2.75) is 51.6 Å². The lowest BCUT2D eigenvalue weighted by Gasteiger charge is -2.19. The number of hydrogen-bond acceptors (Lipinski definition) is 2. The van der Waals surface area contributed by atoms with Crippen molar-refractivity contribution in [1.82, 2.24) is 0 Å². The topological polar surface area (TPSA) is 35.2 Å². The molecule has 0 aromatic carbocycles. The highest BCUT2D eigenvalue weighted by Crippen LogP contribution is 2.29. The van der Waals surface area contributed by atoms with Gasteiger partial charge in [0.1, 0.15) is 0 Å². The van der Waals surface area contributed by atoms with Gasteiger partial charge in [0.15, 0.2) is 0 Å². The monoisotopic (exact) mass is 185 g/mol. The summed E-state index contributed by atoms with van der Waals surface area (Å²) in [4.78, 5) is 0. The third-order valence-electron chi connectivity index (χ3n) is 3.00. The number of ether oxygens (including phenoxy) is 1. The third kappa shape index (κ3) is 4.10. The summed E-state index contributed by atoms with van der Waals surface area (Å²) in [5.41, 5.74) is 5.41. The fourth-order valence-corrected chi connectivity index (χ4v) is 2.21. The maximum Gasteiger partial charge on any atom is 0.0592 e. The van der Waals surface area contributed by atoms with Gasteiger partial charge in [-0.3, -0.25) is 0 Å². The molecule has 0 aromatic heterocycles. The maximum absolute atomic E-state index is 5.68.